The van der Waals surface area contributed by atoms with E-state index in [0.717, 1.165) is 4.47 Å². The van der Waals surface area contributed by atoms with E-state index in [2.05, 4.69) is 26.6 Å². The van der Waals surface area contributed by atoms with Crippen LogP contribution in [-0.4, -0.2) is 42.7 Å². The van der Waals surface area contributed by atoms with Gasteiger partial charge in [-0.3, -0.25) is 9.59 Å². The summed E-state index contributed by atoms with van der Waals surface area (Å²) in [4.78, 5) is 23.6. The molecule has 0 spiro atoms. The molecule has 0 saturated heterocycles. The van der Waals surface area contributed by atoms with Crippen LogP contribution in [0.2, 0.25) is 0 Å². The average Bonchev–Trinajstić information content (AvgIpc) is 2.68. The largest absolute Gasteiger partial charge is 0.383 e. The van der Waals surface area contributed by atoms with Crippen LogP contribution in [0.1, 0.15) is 17.4 Å². The summed E-state index contributed by atoms with van der Waals surface area (Å²) in [5.74, 6) is -0.527. The summed E-state index contributed by atoms with van der Waals surface area (Å²) in [6.45, 7) is 2.50. The number of ether oxygens (including phenoxy) is 1. The number of halogens is 1. The molecule has 1 unspecified atom stereocenters. The van der Waals surface area contributed by atoms with Crippen molar-refractivity contribution in [3.05, 3.63) is 22.4 Å². The number of methoxy groups -OCH3 is 1. The summed E-state index contributed by atoms with van der Waals surface area (Å²) in [6, 6.07) is 1.10. The quantitative estimate of drug-likeness (QED) is 0.752. The number of hydrogen-bond acceptors (Lipinski definition) is 3. The number of aromatic nitrogens is 1. The number of amides is 2. The first-order chi connectivity index (χ1) is 8.95. The summed E-state index contributed by atoms with van der Waals surface area (Å²) in [6.07, 6.45) is 1.78. The highest BCUT2D eigenvalue weighted by atomic mass is 79.9. The molecule has 0 saturated carbocycles. The minimum Gasteiger partial charge on any atom is -0.383 e. The third-order valence-electron chi connectivity index (χ3n) is 2.55. The Bertz CT molecular complexity index is 459. The Morgan fingerprint density at radius 3 is 2.74 bits per heavy atom. The van der Waals surface area contributed by atoms with E-state index in [0.29, 0.717) is 18.8 Å². The molecule has 1 aromatic rings. The fourth-order valence-corrected chi connectivity index (χ4v) is 2.04. The number of aryl methyl sites for hydroxylation is 1. The van der Waals surface area contributed by atoms with E-state index in [1.165, 1.54) is 0 Å². The van der Waals surface area contributed by atoms with Gasteiger partial charge in [0.05, 0.1) is 6.61 Å². The van der Waals surface area contributed by atoms with Crippen LogP contribution >= 0.6 is 15.9 Å². The van der Waals surface area contributed by atoms with Crippen molar-refractivity contribution in [2.24, 2.45) is 7.05 Å². The summed E-state index contributed by atoms with van der Waals surface area (Å²) in [5.41, 5.74) is 0.489. The Kier molecular flexibility index (Phi) is 6.04. The minimum absolute atomic E-state index is 0.237. The Balaban J connectivity index is 2.52. The molecule has 106 valence electrons. The highest BCUT2D eigenvalue weighted by Gasteiger charge is 2.18. The maximum Gasteiger partial charge on any atom is 0.268 e. The average molecular weight is 332 g/mol. The molecule has 7 heteroatoms. The van der Waals surface area contributed by atoms with Crippen molar-refractivity contribution in [3.8, 4) is 0 Å². The lowest BCUT2D eigenvalue weighted by molar-refractivity contribution is -0.122. The lowest BCUT2D eigenvalue weighted by Gasteiger charge is -2.14. The molecular formula is C12H18BrN3O3. The molecule has 0 aliphatic rings. The van der Waals surface area contributed by atoms with Crippen molar-refractivity contribution in [1.29, 1.82) is 0 Å². The molecule has 19 heavy (non-hydrogen) atoms. The van der Waals surface area contributed by atoms with Crippen molar-refractivity contribution < 1.29 is 14.3 Å². The maximum absolute atomic E-state index is 12.0. The number of nitrogens with zero attached hydrogens (tertiary/aromatic N) is 1. The molecule has 1 heterocycles. The van der Waals surface area contributed by atoms with Crippen molar-refractivity contribution in [3.63, 3.8) is 0 Å². The normalized spacial score (nSPS) is 12.0. The number of carbonyl (C=O) groups is 2. The van der Waals surface area contributed by atoms with Crippen LogP contribution in [0.5, 0.6) is 0 Å². The maximum atomic E-state index is 12.0. The van der Waals surface area contributed by atoms with Gasteiger partial charge in [0.25, 0.3) is 5.91 Å². The van der Waals surface area contributed by atoms with Crippen LogP contribution in [0.3, 0.4) is 0 Å². The van der Waals surface area contributed by atoms with Crippen LogP contribution in [0.15, 0.2) is 16.7 Å². The second-order valence-corrected chi connectivity index (χ2v) is 5.05. The van der Waals surface area contributed by atoms with E-state index in [1.54, 1.807) is 37.9 Å². The molecule has 0 aliphatic carbocycles. The predicted molar refractivity (Wildman–Crippen MR) is 74.9 cm³/mol. The number of nitrogens with one attached hydrogen (secondary N) is 2. The van der Waals surface area contributed by atoms with Gasteiger partial charge in [-0.2, -0.15) is 0 Å². The molecule has 1 aromatic heterocycles. The van der Waals surface area contributed by atoms with Gasteiger partial charge in [-0.1, -0.05) is 0 Å². The third kappa shape index (κ3) is 4.68. The van der Waals surface area contributed by atoms with E-state index in [1.807, 2.05) is 0 Å². The van der Waals surface area contributed by atoms with Crippen molar-refractivity contribution in [2.75, 3.05) is 20.3 Å². The van der Waals surface area contributed by atoms with Crippen LogP contribution in [-0.2, 0) is 16.6 Å². The highest BCUT2D eigenvalue weighted by Crippen LogP contribution is 2.13. The first-order valence-corrected chi connectivity index (χ1v) is 6.64. The van der Waals surface area contributed by atoms with E-state index in [4.69, 9.17) is 4.74 Å². The lowest BCUT2D eigenvalue weighted by atomic mass is 10.3. The van der Waals surface area contributed by atoms with Gasteiger partial charge in [0.1, 0.15) is 11.7 Å². The third-order valence-corrected chi connectivity index (χ3v) is 2.98. The Morgan fingerprint density at radius 2 is 2.21 bits per heavy atom. The molecule has 0 radical (unpaired) electrons. The lowest BCUT2D eigenvalue weighted by Crippen LogP contribution is -2.45. The van der Waals surface area contributed by atoms with Crippen LogP contribution < -0.4 is 10.6 Å². The van der Waals surface area contributed by atoms with Gasteiger partial charge in [-0.05, 0) is 28.9 Å². The van der Waals surface area contributed by atoms with Crippen LogP contribution in [0, 0.1) is 0 Å². The minimum atomic E-state index is -0.599. The second-order valence-electron chi connectivity index (χ2n) is 4.13. The molecule has 2 N–H and O–H groups in total. The first kappa shape index (κ1) is 15.7. The van der Waals surface area contributed by atoms with E-state index in [9.17, 15) is 9.59 Å². The van der Waals surface area contributed by atoms with Gasteiger partial charge < -0.3 is 19.9 Å². The number of hydrogen-bond donors (Lipinski definition) is 2. The zero-order valence-corrected chi connectivity index (χ0v) is 12.8. The molecule has 1 rings (SSSR count). The van der Waals surface area contributed by atoms with Gasteiger partial charge >= 0.3 is 0 Å². The molecule has 1 atom stereocenters. The molecule has 2 amide bonds. The molecule has 0 aliphatic heterocycles. The standard InChI is InChI=1S/C12H18BrN3O3/c1-8(11(17)14-4-5-19-3)15-12(18)10-6-9(13)7-16(10)2/h6-8H,4-5H2,1-3H3,(H,14,17)(H,15,18). The smallest absolute Gasteiger partial charge is 0.268 e. The van der Waals surface area contributed by atoms with Crippen molar-refractivity contribution >= 4 is 27.7 Å². The molecule has 6 nitrogen and oxygen atoms in total. The Morgan fingerprint density at radius 1 is 1.53 bits per heavy atom. The number of rotatable bonds is 6. The predicted octanol–water partition coefficient (Wildman–Crippen LogP) is 0.668. The topological polar surface area (TPSA) is 72.4 Å². The summed E-state index contributed by atoms with van der Waals surface area (Å²) in [5, 5.41) is 5.31. The Hall–Kier alpha value is -1.34. The molecular weight excluding hydrogens is 314 g/mol. The molecule has 0 aromatic carbocycles. The summed E-state index contributed by atoms with van der Waals surface area (Å²) in [7, 11) is 3.33. The first-order valence-electron chi connectivity index (χ1n) is 5.85. The second kappa shape index (κ2) is 7.30. The Labute approximate surface area is 120 Å². The summed E-state index contributed by atoms with van der Waals surface area (Å²) < 4.78 is 7.34. The van der Waals surface area contributed by atoms with E-state index < -0.39 is 6.04 Å². The van der Waals surface area contributed by atoms with Crippen molar-refractivity contribution in [2.45, 2.75) is 13.0 Å². The number of carbonyl (C=O) groups excluding carboxylic acids is 2. The highest BCUT2D eigenvalue weighted by molar-refractivity contribution is 9.10. The monoisotopic (exact) mass is 331 g/mol. The van der Waals surface area contributed by atoms with Crippen LogP contribution in [0.4, 0.5) is 0 Å². The van der Waals surface area contributed by atoms with Gasteiger partial charge in [-0.15, -0.1) is 0 Å². The van der Waals surface area contributed by atoms with E-state index >= 15 is 0 Å². The van der Waals surface area contributed by atoms with Gasteiger partial charge in [0.15, 0.2) is 0 Å². The van der Waals surface area contributed by atoms with Crippen LogP contribution in [0.25, 0.3) is 0 Å². The molecule has 0 bridgehead atoms. The zero-order chi connectivity index (χ0) is 14.4. The van der Waals surface area contributed by atoms with E-state index in [-0.39, 0.29) is 11.8 Å². The van der Waals surface area contributed by atoms with Gasteiger partial charge in [-0.25, -0.2) is 0 Å². The van der Waals surface area contributed by atoms with Gasteiger partial charge in [0, 0.05) is 31.4 Å². The fourth-order valence-electron chi connectivity index (χ4n) is 1.52. The SMILES string of the molecule is COCCNC(=O)C(C)NC(=O)c1cc(Br)cn1C. The van der Waals surface area contributed by atoms with Gasteiger partial charge in [0.2, 0.25) is 5.91 Å². The summed E-state index contributed by atoms with van der Waals surface area (Å²) >= 11 is 3.29. The fraction of sp³-hybridized carbons (Fsp3) is 0.500. The van der Waals surface area contributed by atoms with Crippen molar-refractivity contribution in [1.82, 2.24) is 15.2 Å². The molecule has 0 fully saturated rings. The zero-order valence-electron chi connectivity index (χ0n) is 11.2.